The fraction of sp³-hybridized carbons (Fsp3) is 0.667. The molecule has 0 spiro atoms. The molecule has 156 valence electrons. The molecule has 2 aliphatic carbocycles. The summed E-state index contributed by atoms with van der Waals surface area (Å²) in [5.41, 5.74) is 0.583. The zero-order valence-electron chi connectivity index (χ0n) is 16.6. The number of rotatable bonds is 6. The lowest BCUT2D eigenvalue weighted by atomic mass is 9.73. The standard InChI is InChI=1S/C21H30O7/c1-11(2)20(25)27-13-5-7-15(17(22)9-13)19(24)16-8-6-14(10-18(16)23)28-21(26)12(3)4/h13-18,22-23H,1,3,5-10H2,2,4H3. The van der Waals surface area contributed by atoms with Crippen LogP contribution in [-0.4, -0.2) is 52.4 Å². The first kappa shape index (κ1) is 22.3. The highest BCUT2D eigenvalue weighted by Gasteiger charge is 2.42. The SMILES string of the molecule is C=C(C)C(=O)OC1CCC(C(=O)C2CCC(OC(=O)C(=C)C)CC2O)C(O)C1. The summed E-state index contributed by atoms with van der Waals surface area (Å²) in [6.45, 7) is 10.2. The zero-order valence-corrected chi connectivity index (χ0v) is 16.6. The summed E-state index contributed by atoms with van der Waals surface area (Å²) in [5.74, 6) is -2.35. The molecule has 2 N–H and O–H groups in total. The quantitative estimate of drug-likeness (QED) is 0.522. The van der Waals surface area contributed by atoms with Crippen LogP contribution >= 0.6 is 0 Å². The van der Waals surface area contributed by atoms with Gasteiger partial charge in [-0.1, -0.05) is 13.2 Å². The first-order valence-corrected chi connectivity index (χ1v) is 9.73. The van der Waals surface area contributed by atoms with Gasteiger partial charge in [0.2, 0.25) is 0 Å². The molecular weight excluding hydrogens is 364 g/mol. The third-order valence-corrected chi connectivity index (χ3v) is 5.51. The predicted octanol–water partition coefficient (Wildman–Crippen LogP) is 1.85. The van der Waals surface area contributed by atoms with Gasteiger partial charge in [-0.25, -0.2) is 9.59 Å². The van der Waals surface area contributed by atoms with Crippen molar-refractivity contribution >= 4 is 17.7 Å². The number of ketones is 1. The monoisotopic (exact) mass is 394 g/mol. The number of aliphatic hydroxyl groups excluding tert-OH is 2. The number of ether oxygens (including phenoxy) is 2. The van der Waals surface area contributed by atoms with Crippen LogP contribution < -0.4 is 0 Å². The van der Waals surface area contributed by atoms with E-state index in [0.29, 0.717) is 36.8 Å². The van der Waals surface area contributed by atoms with Crippen LogP contribution in [0.5, 0.6) is 0 Å². The Kier molecular flexibility index (Phi) is 7.55. The minimum Gasteiger partial charge on any atom is -0.459 e. The normalized spacial score (nSPS) is 32.9. The molecular formula is C21H30O7. The van der Waals surface area contributed by atoms with Crippen molar-refractivity contribution in [2.75, 3.05) is 0 Å². The molecule has 6 unspecified atom stereocenters. The van der Waals surface area contributed by atoms with Gasteiger partial charge in [0.05, 0.1) is 12.2 Å². The van der Waals surface area contributed by atoms with Crippen LogP contribution in [-0.2, 0) is 23.9 Å². The summed E-state index contributed by atoms with van der Waals surface area (Å²) in [6.07, 6.45) is -0.588. The van der Waals surface area contributed by atoms with Gasteiger partial charge in [-0.2, -0.15) is 0 Å². The summed E-state index contributed by atoms with van der Waals surface area (Å²) in [6, 6.07) is 0. The molecule has 2 fully saturated rings. The molecule has 2 rings (SSSR count). The maximum absolute atomic E-state index is 12.9. The third kappa shape index (κ3) is 5.52. The number of carbonyl (C=O) groups excluding carboxylic acids is 3. The van der Waals surface area contributed by atoms with E-state index in [1.54, 1.807) is 13.8 Å². The molecule has 0 saturated heterocycles. The summed E-state index contributed by atoms with van der Waals surface area (Å²) in [5, 5.41) is 20.8. The van der Waals surface area contributed by atoms with Crippen molar-refractivity contribution in [2.24, 2.45) is 11.8 Å². The number of aliphatic hydroxyl groups is 2. The first-order chi connectivity index (χ1) is 13.1. The lowest BCUT2D eigenvalue weighted by Crippen LogP contribution is -2.46. The maximum atomic E-state index is 12.9. The second-order valence-electron chi connectivity index (χ2n) is 7.99. The molecule has 0 aromatic heterocycles. The van der Waals surface area contributed by atoms with E-state index in [2.05, 4.69) is 13.2 Å². The molecule has 28 heavy (non-hydrogen) atoms. The molecule has 0 amide bonds. The van der Waals surface area contributed by atoms with E-state index in [-0.39, 0.29) is 18.6 Å². The summed E-state index contributed by atoms with van der Waals surface area (Å²) in [7, 11) is 0. The van der Waals surface area contributed by atoms with Crippen LogP contribution in [0, 0.1) is 11.8 Å². The van der Waals surface area contributed by atoms with E-state index in [4.69, 9.17) is 9.47 Å². The average Bonchev–Trinajstić information content (AvgIpc) is 2.61. The Morgan fingerprint density at radius 3 is 1.39 bits per heavy atom. The van der Waals surface area contributed by atoms with Crippen LogP contribution in [0.4, 0.5) is 0 Å². The summed E-state index contributed by atoms with van der Waals surface area (Å²) in [4.78, 5) is 36.1. The molecule has 7 nitrogen and oxygen atoms in total. The highest BCUT2D eigenvalue weighted by Crippen LogP contribution is 2.35. The molecule has 0 radical (unpaired) electrons. The minimum absolute atomic E-state index is 0.172. The van der Waals surface area contributed by atoms with Crippen molar-refractivity contribution in [3.8, 4) is 0 Å². The first-order valence-electron chi connectivity index (χ1n) is 9.73. The van der Waals surface area contributed by atoms with Gasteiger partial charge in [0.25, 0.3) is 0 Å². The molecule has 2 saturated carbocycles. The van der Waals surface area contributed by atoms with Crippen LogP contribution in [0.2, 0.25) is 0 Å². The lowest BCUT2D eigenvalue weighted by Gasteiger charge is -2.37. The Labute approximate surface area is 165 Å². The molecule has 0 bridgehead atoms. The Hall–Kier alpha value is -1.99. The van der Waals surface area contributed by atoms with Gasteiger partial charge in [-0.3, -0.25) is 4.79 Å². The number of Topliss-reactive ketones (excluding diaryl/α,β-unsaturated/α-hetero) is 1. The topological polar surface area (TPSA) is 110 Å². The van der Waals surface area contributed by atoms with Crippen LogP contribution in [0.3, 0.4) is 0 Å². The van der Waals surface area contributed by atoms with Gasteiger partial charge in [0.15, 0.2) is 0 Å². The van der Waals surface area contributed by atoms with Crippen LogP contribution in [0.15, 0.2) is 24.3 Å². The fourth-order valence-electron chi connectivity index (χ4n) is 3.88. The molecule has 0 aromatic carbocycles. The van der Waals surface area contributed by atoms with Crippen molar-refractivity contribution in [2.45, 2.75) is 76.8 Å². The average molecular weight is 394 g/mol. The van der Waals surface area contributed by atoms with Gasteiger partial charge in [0, 0.05) is 35.8 Å². The van der Waals surface area contributed by atoms with Crippen molar-refractivity contribution in [3.63, 3.8) is 0 Å². The van der Waals surface area contributed by atoms with Gasteiger partial charge >= 0.3 is 11.9 Å². The number of carbonyl (C=O) groups is 3. The van der Waals surface area contributed by atoms with Crippen molar-refractivity contribution in [1.82, 2.24) is 0 Å². The van der Waals surface area contributed by atoms with Gasteiger partial charge in [0.1, 0.15) is 18.0 Å². The second kappa shape index (κ2) is 9.47. The van der Waals surface area contributed by atoms with E-state index in [9.17, 15) is 24.6 Å². The van der Waals surface area contributed by atoms with Gasteiger partial charge in [-0.05, 0) is 39.5 Å². The Morgan fingerprint density at radius 2 is 1.11 bits per heavy atom. The third-order valence-electron chi connectivity index (χ3n) is 5.51. The number of hydrogen-bond donors (Lipinski definition) is 2. The molecule has 0 aromatic rings. The minimum atomic E-state index is -0.921. The maximum Gasteiger partial charge on any atom is 0.333 e. The van der Waals surface area contributed by atoms with Crippen LogP contribution in [0.25, 0.3) is 0 Å². The van der Waals surface area contributed by atoms with Crippen molar-refractivity contribution in [3.05, 3.63) is 24.3 Å². The van der Waals surface area contributed by atoms with Gasteiger partial charge < -0.3 is 19.7 Å². The van der Waals surface area contributed by atoms with E-state index >= 15 is 0 Å². The van der Waals surface area contributed by atoms with E-state index in [1.807, 2.05) is 0 Å². The Bertz CT molecular complexity index is 599. The van der Waals surface area contributed by atoms with E-state index < -0.39 is 48.2 Å². The largest absolute Gasteiger partial charge is 0.459 e. The van der Waals surface area contributed by atoms with Crippen molar-refractivity contribution in [1.29, 1.82) is 0 Å². The summed E-state index contributed by atoms with van der Waals surface area (Å²) < 4.78 is 10.5. The number of esters is 2. The van der Waals surface area contributed by atoms with Crippen molar-refractivity contribution < 1.29 is 34.1 Å². The fourth-order valence-corrected chi connectivity index (χ4v) is 3.88. The van der Waals surface area contributed by atoms with Crippen LogP contribution in [0.1, 0.15) is 52.4 Å². The Balaban J connectivity index is 1.89. The van der Waals surface area contributed by atoms with E-state index in [1.165, 1.54) is 0 Å². The predicted molar refractivity (Wildman–Crippen MR) is 101 cm³/mol. The molecule has 0 aliphatic heterocycles. The highest BCUT2D eigenvalue weighted by atomic mass is 16.5. The number of hydrogen-bond acceptors (Lipinski definition) is 7. The Morgan fingerprint density at radius 1 is 0.750 bits per heavy atom. The molecule has 6 atom stereocenters. The van der Waals surface area contributed by atoms with E-state index in [0.717, 1.165) is 0 Å². The summed E-state index contributed by atoms with van der Waals surface area (Å²) >= 11 is 0. The highest BCUT2D eigenvalue weighted by molar-refractivity contribution is 5.88. The molecule has 7 heteroatoms. The smallest absolute Gasteiger partial charge is 0.333 e. The lowest BCUT2D eigenvalue weighted by molar-refractivity contribution is -0.153. The zero-order chi connectivity index (χ0) is 21.0. The molecule has 2 aliphatic rings. The molecule has 0 heterocycles. The van der Waals surface area contributed by atoms with Gasteiger partial charge in [-0.15, -0.1) is 0 Å². The second-order valence-corrected chi connectivity index (χ2v) is 7.99.